The normalized spacial score (nSPS) is 11.2. The minimum Gasteiger partial charge on any atom is -0.327 e. The number of aryl methyl sites for hydroxylation is 3. The fraction of sp³-hybridized carbons (Fsp3) is 0.250. The number of alkyl halides is 1. The molecule has 5 heteroatoms. The molecule has 3 aromatic rings. The molecule has 0 fully saturated rings. The Morgan fingerprint density at radius 1 is 1.33 bits per heavy atom. The highest BCUT2D eigenvalue weighted by molar-refractivity contribution is 6.16. The van der Waals surface area contributed by atoms with E-state index in [0.717, 1.165) is 29.9 Å². The van der Waals surface area contributed by atoms with Crippen molar-refractivity contribution in [1.82, 2.24) is 14.5 Å². The van der Waals surface area contributed by atoms with E-state index in [0.29, 0.717) is 17.0 Å². The Labute approximate surface area is 127 Å². The second-order valence-corrected chi connectivity index (χ2v) is 5.28. The van der Waals surface area contributed by atoms with Crippen molar-refractivity contribution in [2.75, 3.05) is 0 Å². The van der Waals surface area contributed by atoms with Crippen LogP contribution in [-0.4, -0.2) is 14.5 Å². The number of aromatic nitrogens is 3. The first kappa shape index (κ1) is 14.0. The maximum atomic E-state index is 13.7. The van der Waals surface area contributed by atoms with Gasteiger partial charge in [-0.3, -0.25) is 4.98 Å². The van der Waals surface area contributed by atoms with Crippen LogP contribution in [0.1, 0.15) is 17.0 Å². The first-order chi connectivity index (χ1) is 10.2. The molecule has 0 aliphatic rings. The van der Waals surface area contributed by atoms with Gasteiger partial charge in [-0.05, 0) is 36.6 Å². The standard InChI is InChI=1S/C16H15ClFN3/c1-11-7-15-14(8-13(11)18)20-16(9-17)21(15)6-4-12-3-2-5-19-10-12/h2-3,5,7-8,10H,4,6,9H2,1H3. The van der Waals surface area contributed by atoms with E-state index in [-0.39, 0.29) is 5.82 Å². The molecule has 2 heterocycles. The summed E-state index contributed by atoms with van der Waals surface area (Å²) in [5.74, 6) is 0.837. The molecule has 0 saturated heterocycles. The lowest BCUT2D eigenvalue weighted by atomic mass is 10.2. The SMILES string of the molecule is Cc1cc2c(cc1F)nc(CCl)n2CCc1cccnc1. The number of pyridine rings is 1. The highest BCUT2D eigenvalue weighted by atomic mass is 35.5. The predicted molar refractivity (Wildman–Crippen MR) is 81.9 cm³/mol. The van der Waals surface area contributed by atoms with Crippen LogP contribution >= 0.6 is 11.6 Å². The van der Waals surface area contributed by atoms with Gasteiger partial charge < -0.3 is 4.57 Å². The molecule has 0 aliphatic carbocycles. The summed E-state index contributed by atoms with van der Waals surface area (Å²) in [7, 11) is 0. The summed E-state index contributed by atoms with van der Waals surface area (Å²) < 4.78 is 15.7. The molecular formula is C16H15ClFN3. The summed E-state index contributed by atoms with van der Waals surface area (Å²) in [5, 5.41) is 0. The Kier molecular flexibility index (Phi) is 3.88. The average molecular weight is 304 g/mol. The van der Waals surface area contributed by atoms with Crippen molar-refractivity contribution in [1.29, 1.82) is 0 Å². The number of hydrogen-bond donors (Lipinski definition) is 0. The number of fused-ring (bicyclic) bond motifs is 1. The molecule has 0 saturated carbocycles. The molecule has 0 aliphatic heterocycles. The van der Waals surface area contributed by atoms with Crippen molar-refractivity contribution in [3.63, 3.8) is 0 Å². The first-order valence-electron chi connectivity index (χ1n) is 6.79. The molecule has 2 aromatic heterocycles. The third-order valence-corrected chi connectivity index (χ3v) is 3.81. The number of imidazole rings is 1. The largest absolute Gasteiger partial charge is 0.327 e. The van der Waals surface area contributed by atoms with Gasteiger partial charge in [0.1, 0.15) is 11.6 Å². The lowest BCUT2D eigenvalue weighted by Crippen LogP contribution is -2.05. The molecule has 0 spiro atoms. The molecule has 0 radical (unpaired) electrons. The molecule has 3 nitrogen and oxygen atoms in total. The van der Waals surface area contributed by atoms with Gasteiger partial charge in [-0.1, -0.05) is 6.07 Å². The fourth-order valence-corrected chi connectivity index (χ4v) is 2.64. The number of nitrogens with zero attached hydrogens (tertiary/aromatic N) is 3. The zero-order valence-corrected chi connectivity index (χ0v) is 12.4. The zero-order valence-electron chi connectivity index (χ0n) is 11.7. The third-order valence-electron chi connectivity index (χ3n) is 3.57. The number of benzene rings is 1. The van der Waals surface area contributed by atoms with Crippen molar-refractivity contribution >= 4 is 22.6 Å². The molecule has 0 unspecified atom stereocenters. The van der Waals surface area contributed by atoms with Crippen LogP contribution in [0.4, 0.5) is 4.39 Å². The van der Waals surface area contributed by atoms with Gasteiger partial charge in [0.15, 0.2) is 0 Å². The summed E-state index contributed by atoms with van der Waals surface area (Å²) in [6, 6.07) is 7.26. The van der Waals surface area contributed by atoms with E-state index < -0.39 is 0 Å². The maximum Gasteiger partial charge on any atom is 0.128 e. The summed E-state index contributed by atoms with van der Waals surface area (Å²) in [6.07, 6.45) is 4.44. The van der Waals surface area contributed by atoms with Crippen molar-refractivity contribution in [2.24, 2.45) is 0 Å². The number of halogens is 2. The van der Waals surface area contributed by atoms with Gasteiger partial charge in [-0.15, -0.1) is 11.6 Å². The van der Waals surface area contributed by atoms with Crippen LogP contribution in [0, 0.1) is 12.7 Å². The summed E-state index contributed by atoms with van der Waals surface area (Å²) in [5.41, 5.74) is 3.35. The van der Waals surface area contributed by atoms with Gasteiger partial charge in [-0.2, -0.15) is 0 Å². The van der Waals surface area contributed by atoms with Gasteiger partial charge >= 0.3 is 0 Å². The number of hydrogen-bond acceptors (Lipinski definition) is 2. The van der Waals surface area contributed by atoms with Crippen LogP contribution < -0.4 is 0 Å². The monoisotopic (exact) mass is 303 g/mol. The lowest BCUT2D eigenvalue weighted by molar-refractivity contribution is 0.620. The zero-order chi connectivity index (χ0) is 14.8. The van der Waals surface area contributed by atoms with E-state index >= 15 is 0 Å². The highest BCUT2D eigenvalue weighted by Gasteiger charge is 2.12. The topological polar surface area (TPSA) is 30.7 Å². The van der Waals surface area contributed by atoms with Crippen molar-refractivity contribution in [2.45, 2.75) is 25.8 Å². The van der Waals surface area contributed by atoms with Gasteiger partial charge in [0.05, 0.1) is 16.9 Å². The van der Waals surface area contributed by atoms with Crippen molar-refractivity contribution in [3.8, 4) is 0 Å². The smallest absolute Gasteiger partial charge is 0.128 e. The van der Waals surface area contributed by atoms with Crippen LogP contribution in [0.3, 0.4) is 0 Å². The molecule has 0 bridgehead atoms. The summed E-state index contributed by atoms with van der Waals surface area (Å²) in [6.45, 7) is 2.50. The molecule has 3 rings (SSSR count). The minimum absolute atomic E-state index is 0.236. The Balaban J connectivity index is 1.98. The summed E-state index contributed by atoms with van der Waals surface area (Å²) >= 11 is 5.98. The van der Waals surface area contributed by atoms with Crippen molar-refractivity contribution < 1.29 is 4.39 Å². The molecule has 1 aromatic carbocycles. The molecule has 0 N–H and O–H groups in total. The van der Waals surface area contributed by atoms with Gasteiger partial charge in [0, 0.05) is 25.0 Å². The quantitative estimate of drug-likeness (QED) is 0.685. The molecule has 0 amide bonds. The van der Waals surface area contributed by atoms with Gasteiger partial charge in [0.25, 0.3) is 0 Å². The lowest BCUT2D eigenvalue weighted by Gasteiger charge is -2.08. The molecular weight excluding hydrogens is 289 g/mol. The first-order valence-corrected chi connectivity index (χ1v) is 7.32. The Morgan fingerprint density at radius 3 is 2.90 bits per heavy atom. The molecule has 0 atom stereocenters. The van der Waals surface area contributed by atoms with E-state index in [2.05, 4.69) is 14.5 Å². The Bertz CT molecular complexity index is 768. The van der Waals surface area contributed by atoms with Crippen molar-refractivity contribution in [3.05, 3.63) is 59.4 Å². The summed E-state index contributed by atoms with van der Waals surface area (Å²) in [4.78, 5) is 8.54. The Morgan fingerprint density at radius 2 is 2.19 bits per heavy atom. The fourth-order valence-electron chi connectivity index (χ4n) is 2.44. The van der Waals surface area contributed by atoms with E-state index in [1.165, 1.54) is 6.07 Å². The Hall–Kier alpha value is -1.94. The van der Waals surface area contributed by atoms with Crippen LogP contribution in [0.5, 0.6) is 0 Å². The van der Waals surface area contributed by atoms with E-state index in [4.69, 9.17) is 11.6 Å². The average Bonchev–Trinajstić information content (AvgIpc) is 2.83. The maximum absolute atomic E-state index is 13.7. The number of rotatable bonds is 4. The third kappa shape index (κ3) is 2.76. The van der Waals surface area contributed by atoms with E-state index in [1.54, 1.807) is 13.1 Å². The van der Waals surface area contributed by atoms with Crippen LogP contribution in [0.2, 0.25) is 0 Å². The molecule has 21 heavy (non-hydrogen) atoms. The second-order valence-electron chi connectivity index (χ2n) is 5.01. The van der Waals surface area contributed by atoms with Crippen LogP contribution in [0.15, 0.2) is 36.7 Å². The van der Waals surface area contributed by atoms with Crippen LogP contribution in [0.25, 0.3) is 11.0 Å². The van der Waals surface area contributed by atoms with E-state index in [9.17, 15) is 4.39 Å². The van der Waals surface area contributed by atoms with Gasteiger partial charge in [-0.25, -0.2) is 9.37 Å². The van der Waals surface area contributed by atoms with Crippen LogP contribution in [-0.2, 0) is 18.8 Å². The predicted octanol–water partition coefficient (Wildman–Crippen LogP) is 3.86. The second kappa shape index (κ2) is 5.82. The van der Waals surface area contributed by atoms with E-state index in [1.807, 2.05) is 24.4 Å². The minimum atomic E-state index is -0.236. The molecule has 108 valence electrons. The van der Waals surface area contributed by atoms with Gasteiger partial charge in [0.2, 0.25) is 0 Å². The highest BCUT2D eigenvalue weighted by Crippen LogP contribution is 2.22.